The fraction of sp³-hybridized carbons (Fsp3) is 0.308. The predicted molar refractivity (Wildman–Crippen MR) is 64.9 cm³/mol. The summed E-state index contributed by atoms with van der Waals surface area (Å²) in [5.41, 5.74) is 1.07. The maximum Gasteiger partial charge on any atom is 0.123 e. The molecule has 0 amide bonds. The van der Waals surface area contributed by atoms with E-state index in [0.717, 1.165) is 11.4 Å². The minimum Gasteiger partial charge on any atom is -0.337 e. The molecule has 4 heteroatoms. The topological polar surface area (TPSA) is 29.9 Å². The maximum absolute atomic E-state index is 12.8. The quantitative estimate of drug-likeness (QED) is 0.878. The molecule has 0 aliphatic rings. The highest BCUT2D eigenvalue weighted by atomic mass is 19.1. The lowest BCUT2D eigenvalue weighted by Crippen LogP contribution is -2.20. The van der Waals surface area contributed by atoms with E-state index in [1.807, 2.05) is 17.8 Å². The SMILES string of the molecule is CC(NCc1nccn1C)c1ccc(F)cc1. The Morgan fingerprint density at radius 2 is 2.06 bits per heavy atom. The number of halogens is 1. The van der Waals surface area contributed by atoms with Gasteiger partial charge in [0.15, 0.2) is 0 Å². The second-order valence-corrected chi connectivity index (χ2v) is 4.11. The third-order valence-corrected chi connectivity index (χ3v) is 2.86. The Balaban J connectivity index is 1.95. The summed E-state index contributed by atoms with van der Waals surface area (Å²) >= 11 is 0. The van der Waals surface area contributed by atoms with Crippen LogP contribution in [0.3, 0.4) is 0 Å². The average molecular weight is 233 g/mol. The highest BCUT2D eigenvalue weighted by Crippen LogP contribution is 2.13. The number of hydrogen-bond acceptors (Lipinski definition) is 2. The first-order chi connectivity index (χ1) is 8.16. The minimum atomic E-state index is -0.204. The van der Waals surface area contributed by atoms with Gasteiger partial charge in [0.1, 0.15) is 11.6 Å². The van der Waals surface area contributed by atoms with Gasteiger partial charge in [-0.1, -0.05) is 12.1 Å². The van der Waals surface area contributed by atoms with Crippen LogP contribution in [0.4, 0.5) is 4.39 Å². The fourth-order valence-electron chi connectivity index (χ4n) is 1.68. The van der Waals surface area contributed by atoms with Crippen LogP contribution in [-0.4, -0.2) is 9.55 Å². The molecule has 0 aliphatic heterocycles. The van der Waals surface area contributed by atoms with Gasteiger partial charge < -0.3 is 9.88 Å². The van der Waals surface area contributed by atoms with Crippen molar-refractivity contribution in [3.63, 3.8) is 0 Å². The molecule has 0 fully saturated rings. The van der Waals surface area contributed by atoms with Crippen molar-refractivity contribution in [3.8, 4) is 0 Å². The average Bonchev–Trinajstić information content (AvgIpc) is 2.73. The molecule has 0 radical (unpaired) electrons. The third kappa shape index (κ3) is 2.91. The monoisotopic (exact) mass is 233 g/mol. The van der Waals surface area contributed by atoms with Crippen molar-refractivity contribution >= 4 is 0 Å². The van der Waals surface area contributed by atoms with Crippen molar-refractivity contribution in [1.29, 1.82) is 0 Å². The van der Waals surface area contributed by atoms with E-state index in [1.165, 1.54) is 12.1 Å². The normalized spacial score (nSPS) is 12.6. The van der Waals surface area contributed by atoms with E-state index in [0.29, 0.717) is 6.54 Å². The zero-order valence-electron chi connectivity index (χ0n) is 10.0. The highest BCUT2D eigenvalue weighted by molar-refractivity contribution is 5.19. The van der Waals surface area contributed by atoms with Crippen LogP contribution < -0.4 is 5.32 Å². The van der Waals surface area contributed by atoms with Gasteiger partial charge in [-0.2, -0.15) is 0 Å². The molecule has 2 rings (SSSR count). The molecule has 1 N–H and O–H groups in total. The molecule has 90 valence electrons. The maximum atomic E-state index is 12.8. The molecule has 1 aromatic carbocycles. The van der Waals surface area contributed by atoms with Crippen LogP contribution in [0.5, 0.6) is 0 Å². The molecule has 0 aliphatic carbocycles. The summed E-state index contributed by atoms with van der Waals surface area (Å²) < 4.78 is 14.8. The van der Waals surface area contributed by atoms with Gasteiger partial charge in [0.05, 0.1) is 6.54 Å². The van der Waals surface area contributed by atoms with Gasteiger partial charge >= 0.3 is 0 Å². The summed E-state index contributed by atoms with van der Waals surface area (Å²) in [5.74, 6) is 0.781. The lowest BCUT2D eigenvalue weighted by Gasteiger charge is -2.14. The molecule has 2 aromatic rings. The van der Waals surface area contributed by atoms with E-state index in [1.54, 1.807) is 18.3 Å². The molecule has 0 saturated carbocycles. The van der Waals surface area contributed by atoms with Gasteiger partial charge in [-0.3, -0.25) is 0 Å². The smallest absolute Gasteiger partial charge is 0.123 e. The number of rotatable bonds is 4. The number of aromatic nitrogens is 2. The van der Waals surface area contributed by atoms with Crippen molar-refractivity contribution in [2.75, 3.05) is 0 Å². The van der Waals surface area contributed by atoms with E-state index in [4.69, 9.17) is 0 Å². The van der Waals surface area contributed by atoms with Crippen LogP contribution in [0.25, 0.3) is 0 Å². The Kier molecular flexibility index (Phi) is 3.54. The largest absolute Gasteiger partial charge is 0.337 e. The number of nitrogens with one attached hydrogen (secondary N) is 1. The van der Waals surface area contributed by atoms with Crippen molar-refractivity contribution in [1.82, 2.24) is 14.9 Å². The molecule has 1 unspecified atom stereocenters. The molecular weight excluding hydrogens is 217 g/mol. The van der Waals surface area contributed by atoms with Crippen LogP contribution in [0.1, 0.15) is 24.4 Å². The summed E-state index contributed by atoms with van der Waals surface area (Å²) in [5, 5.41) is 3.36. The van der Waals surface area contributed by atoms with E-state index in [9.17, 15) is 4.39 Å². The number of imidazole rings is 1. The van der Waals surface area contributed by atoms with Crippen molar-refractivity contribution in [2.24, 2.45) is 7.05 Å². The first-order valence-electron chi connectivity index (χ1n) is 5.62. The Labute approximate surface area is 100 Å². The van der Waals surface area contributed by atoms with Crippen LogP contribution in [-0.2, 0) is 13.6 Å². The first kappa shape index (κ1) is 11.8. The lowest BCUT2D eigenvalue weighted by molar-refractivity contribution is 0.547. The Morgan fingerprint density at radius 3 is 2.65 bits per heavy atom. The zero-order chi connectivity index (χ0) is 12.3. The van der Waals surface area contributed by atoms with Gasteiger partial charge in [-0.05, 0) is 24.6 Å². The van der Waals surface area contributed by atoms with E-state index in [-0.39, 0.29) is 11.9 Å². The number of hydrogen-bond donors (Lipinski definition) is 1. The Bertz CT molecular complexity index is 476. The summed E-state index contributed by atoms with van der Waals surface area (Å²) in [6.07, 6.45) is 3.69. The van der Waals surface area contributed by atoms with Crippen LogP contribution >= 0.6 is 0 Å². The van der Waals surface area contributed by atoms with E-state index in [2.05, 4.69) is 17.2 Å². The summed E-state index contributed by atoms with van der Waals surface area (Å²) in [4.78, 5) is 4.24. The molecule has 0 spiro atoms. The minimum absolute atomic E-state index is 0.173. The summed E-state index contributed by atoms with van der Waals surface area (Å²) in [7, 11) is 1.96. The Hall–Kier alpha value is -1.68. The van der Waals surface area contributed by atoms with Crippen molar-refractivity contribution < 1.29 is 4.39 Å². The van der Waals surface area contributed by atoms with Gasteiger partial charge in [-0.15, -0.1) is 0 Å². The molecule has 3 nitrogen and oxygen atoms in total. The van der Waals surface area contributed by atoms with Gasteiger partial charge in [0, 0.05) is 25.5 Å². The van der Waals surface area contributed by atoms with Crippen LogP contribution in [0, 0.1) is 5.82 Å². The van der Waals surface area contributed by atoms with Gasteiger partial charge in [0.2, 0.25) is 0 Å². The standard InChI is InChI=1S/C13H16FN3/c1-10(11-3-5-12(14)6-4-11)16-9-13-15-7-8-17(13)2/h3-8,10,16H,9H2,1-2H3. The molecular formula is C13H16FN3. The van der Waals surface area contributed by atoms with E-state index >= 15 is 0 Å². The predicted octanol–water partition coefficient (Wildman–Crippen LogP) is 2.41. The summed E-state index contributed by atoms with van der Waals surface area (Å²) in [6, 6.07) is 6.73. The fourth-order valence-corrected chi connectivity index (χ4v) is 1.68. The molecule has 0 saturated heterocycles. The highest BCUT2D eigenvalue weighted by Gasteiger charge is 2.06. The first-order valence-corrected chi connectivity index (χ1v) is 5.62. The van der Waals surface area contributed by atoms with Gasteiger partial charge in [-0.25, -0.2) is 9.37 Å². The number of aryl methyl sites for hydroxylation is 1. The summed E-state index contributed by atoms with van der Waals surface area (Å²) in [6.45, 7) is 2.75. The second kappa shape index (κ2) is 5.10. The molecule has 1 aromatic heterocycles. The lowest BCUT2D eigenvalue weighted by atomic mass is 10.1. The second-order valence-electron chi connectivity index (χ2n) is 4.11. The van der Waals surface area contributed by atoms with Crippen LogP contribution in [0.2, 0.25) is 0 Å². The van der Waals surface area contributed by atoms with E-state index < -0.39 is 0 Å². The van der Waals surface area contributed by atoms with Crippen molar-refractivity contribution in [3.05, 3.63) is 53.9 Å². The van der Waals surface area contributed by atoms with Crippen molar-refractivity contribution in [2.45, 2.75) is 19.5 Å². The van der Waals surface area contributed by atoms with Gasteiger partial charge in [0.25, 0.3) is 0 Å². The van der Waals surface area contributed by atoms with Crippen LogP contribution in [0.15, 0.2) is 36.7 Å². The Morgan fingerprint density at radius 1 is 1.35 bits per heavy atom. The number of nitrogens with zero attached hydrogens (tertiary/aromatic N) is 2. The molecule has 17 heavy (non-hydrogen) atoms. The molecule has 1 heterocycles. The molecule has 1 atom stereocenters. The zero-order valence-corrected chi connectivity index (χ0v) is 10.0. The third-order valence-electron chi connectivity index (χ3n) is 2.86. The molecule has 0 bridgehead atoms. The number of benzene rings is 1.